The molecule has 1 aromatic carbocycles. The lowest BCUT2D eigenvalue weighted by atomic mass is 10.1. The van der Waals surface area contributed by atoms with E-state index in [1.54, 1.807) is 6.07 Å². The first-order valence-electron chi connectivity index (χ1n) is 8.17. The van der Waals surface area contributed by atoms with E-state index in [4.69, 9.17) is 4.42 Å². The Morgan fingerprint density at radius 1 is 1.17 bits per heavy atom. The summed E-state index contributed by atoms with van der Waals surface area (Å²) in [6.45, 7) is 2.30. The normalized spacial score (nSPS) is 15.8. The van der Waals surface area contributed by atoms with Gasteiger partial charge in [-0.3, -0.25) is 9.69 Å². The van der Waals surface area contributed by atoms with Crippen molar-refractivity contribution < 1.29 is 9.21 Å². The first-order valence-corrected chi connectivity index (χ1v) is 9.05. The molecule has 1 aliphatic rings. The summed E-state index contributed by atoms with van der Waals surface area (Å²) in [5, 5.41) is 7.56. The number of amides is 1. The van der Waals surface area contributed by atoms with E-state index in [0.717, 1.165) is 36.7 Å². The molecule has 0 atom stereocenters. The zero-order valence-corrected chi connectivity index (χ0v) is 14.0. The number of nitrogens with one attached hydrogen (secondary N) is 1. The van der Waals surface area contributed by atoms with E-state index in [0.29, 0.717) is 22.5 Å². The maximum absolute atomic E-state index is 12.3. The van der Waals surface area contributed by atoms with E-state index in [-0.39, 0.29) is 5.91 Å². The van der Waals surface area contributed by atoms with Crippen LogP contribution in [0.25, 0.3) is 21.7 Å². The van der Waals surface area contributed by atoms with Crippen LogP contribution in [-0.2, 0) is 4.79 Å². The van der Waals surface area contributed by atoms with Crippen LogP contribution < -0.4 is 10.9 Å². The van der Waals surface area contributed by atoms with Crippen molar-refractivity contribution in [3.8, 4) is 0 Å². The molecule has 2 aromatic heterocycles. The molecule has 0 bridgehead atoms. The fourth-order valence-corrected chi connectivity index (χ4v) is 4.23. The topological polar surface area (TPSA) is 62.6 Å². The van der Waals surface area contributed by atoms with Crippen molar-refractivity contribution in [1.29, 1.82) is 0 Å². The summed E-state index contributed by atoms with van der Waals surface area (Å²) in [6.07, 6.45) is 3.53. The number of para-hydroxylation sites is 1. The molecule has 1 amide bonds. The molecular weight excluding hydrogens is 324 g/mol. The van der Waals surface area contributed by atoms with Crippen molar-refractivity contribution in [1.82, 2.24) is 4.90 Å². The van der Waals surface area contributed by atoms with Gasteiger partial charge >= 0.3 is 5.63 Å². The van der Waals surface area contributed by atoms with Gasteiger partial charge in [0.1, 0.15) is 16.0 Å². The maximum atomic E-state index is 12.3. The maximum Gasteiger partial charge on any atom is 0.347 e. The van der Waals surface area contributed by atoms with E-state index in [1.807, 2.05) is 23.6 Å². The van der Waals surface area contributed by atoms with Crippen LogP contribution in [0.3, 0.4) is 0 Å². The van der Waals surface area contributed by atoms with Gasteiger partial charge in [0.2, 0.25) is 5.91 Å². The van der Waals surface area contributed by atoms with Crippen molar-refractivity contribution >= 4 is 44.0 Å². The van der Waals surface area contributed by atoms with Crippen LogP contribution in [0.2, 0.25) is 0 Å². The van der Waals surface area contributed by atoms with Gasteiger partial charge in [0, 0.05) is 16.2 Å². The quantitative estimate of drug-likeness (QED) is 0.741. The predicted octanol–water partition coefficient (Wildman–Crippen LogP) is 3.43. The fourth-order valence-electron chi connectivity index (χ4n) is 3.27. The van der Waals surface area contributed by atoms with Gasteiger partial charge in [-0.2, -0.15) is 0 Å². The first kappa shape index (κ1) is 15.4. The second-order valence-electron chi connectivity index (χ2n) is 6.12. The standard InChI is InChI=1S/C18H18N2O3S/c21-15(10-20-8-4-1-5-9-20)19-17-16-13(11-24-17)12-6-2-3-7-14(12)23-18(16)22/h2-3,6-7,11H,1,4-5,8-10H2,(H,19,21). The average Bonchev–Trinajstić information content (AvgIpc) is 3.00. The molecule has 3 aromatic rings. The first-order chi connectivity index (χ1) is 11.7. The summed E-state index contributed by atoms with van der Waals surface area (Å²) < 4.78 is 5.39. The molecule has 0 saturated carbocycles. The number of anilines is 1. The Bertz CT molecular complexity index is 954. The third kappa shape index (κ3) is 2.83. The Morgan fingerprint density at radius 2 is 1.96 bits per heavy atom. The second kappa shape index (κ2) is 6.37. The molecular formula is C18H18N2O3S. The van der Waals surface area contributed by atoms with Crippen LogP contribution in [0.4, 0.5) is 5.00 Å². The van der Waals surface area contributed by atoms with Gasteiger partial charge < -0.3 is 9.73 Å². The SMILES string of the molecule is O=C(CN1CCCCC1)Nc1scc2c1c(=O)oc1ccccc12. The van der Waals surface area contributed by atoms with Gasteiger partial charge in [-0.15, -0.1) is 11.3 Å². The van der Waals surface area contributed by atoms with Gasteiger partial charge in [-0.1, -0.05) is 24.6 Å². The molecule has 124 valence electrons. The Morgan fingerprint density at radius 3 is 2.79 bits per heavy atom. The van der Waals surface area contributed by atoms with Crippen LogP contribution in [0, 0.1) is 0 Å². The molecule has 6 heteroatoms. The number of fused-ring (bicyclic) bond motifs is 3. The zero-order chi connectivity index (χ0) is 16.5. The fraction of sp³-hybridized carbons (Fsp3) is 0.333. The van der Waals surface area contributed by atoms with Crippen molar-refractivity contribution in [3.05, 3.63) is 40.1 Å². The summed E-state index contributed by atoms with van der Waals surface area (Å²) in [7, 11) is 0. The lowest BCUT2D eigenvalue weighted by Gasteiger charge is -2.25. The van der Waals surface area contributed by atoms with Crippen LogP contribution in [0.5, 0.6) is 0 Å². The number of rotatable bonds is 3. The Kier molecular flexibility index (Phi) is 4.08. The number of carbonyl (C=O) groups is 1. The van der Waals surface area contributed by atoms with E-state index in [1.165, 1.54) is 17.8 Å². The number of thiophene rings is 1. The highest BCUT2D eigenvalue weighted by Gasteiger charge is 2.18. The summed E-state index contributed by atoms with van der Waals surface area (Å²) >= 11 is 1.37. The Balaban J connectivity index is 1.64. The second-order valence-corrected chi connectivity index (χ2v) is 7.00. The number of nitrogens with zero attached hydrogens (tertiary/aromatic N) is 1. The molecule has 1 aliphatic heterocycles. The predicted molar refractivity (Wildman–Crippen MR) is 96.8 cm³/mol. The molecule has 0 radical (unpaired) electrons. The molecule has 1 fully saturated rings. The number of carbonyl (C=O) groups excluding carboxylic acids is 1. The van der Waals surface area contributed by atoms with Gasteiger partial charge in [0.15, 0.2) is 0 Å². The molecule has 1 N–H and O–H groups in total. The minimum absolute atomic E-state index is 0.0757. The van der Waals surface area contributed by atoms with Gasteiger partial charge in [-0.25, -0.2) is 4.79 Å². The van der Waals surface area contributed by atoms with Crippen LogP contribution in [-0.4, -0.2) is 30.4 Å². The largest absolute Gasteiger partial charge is 0.422 e. The summed E-state index contributed by atoms with van der Waals surface area (Å²) in [4.78, 5) is 26.8. The molecule has 24 heavy (non-hydrogen) atoms. The smallest absolute Gasteiger partial charge is 0.347 e. The van der Waals surface area contributed by atoms with Crippen LogP contribution in [0.1, 0.15) is 19.3 Å². The van der Waals surface area contributed by atoms with Crippen molar-refractivity contribution in [2.75, 3.05) is 25.0 Å². The number of hydrogen-bond acceptors (Lipinski definition) is 5. The van der Waals surface area contributed by atoms with E-state index < -0.39 is 5.63 Å². The summed E-state index contributed by atoms with van der Waals surface area (Å²) in [6, 6.07) is 7.45. The summed E-state index contributed by atoms with van der Waals surface area (Å²) in [5.41, 5.74) is 0.164. The van der Waals surface area contributed by atoms with Crippen LogP contribution >= 0.6 is 11.3 Å². The van der Waals surface area contributed by atoms with Gasteiger partial charge in [-0.05, 0) is 32.0 Å². The average molecular weight is 342 g/mol. The van der Waals surface area contributed by atoms with E-state index >= 15 is 0 Å². The number of hydrogen-bond donors (Lipinski definition) is 1. The number of likely N-dealkylation sites (tertiary alicyclic amines) is 1. The molecule has 3 heterocycles. The van der Waals surface area contributed by atoms with Crippen LogP contribution in [0.15, 0.2) is 38.9 Å². The lowest BCUT2D eigenvalue weighted by Crippen LogP contribution is -2.36. The highest BCUT2D eigenvalue weighted by Crippen LogP contribution is 2.33. The molecule has 1 saturated heterocycles. The third-order valence-electron chi connectivity index (χ3n) is 4.44. The third-order valence-corrected chi connectivity index (χ3v) is 5.34. The summed E-state index contributed by atoms with van der Waals surface area (Å²) in [5.74, 6) is -0.0757. The lowest BCUT2D eigenvalue weighted by molar-refractivity contribution is -0.117. The van der Waals surface area contributed by atoms with Gasteiger partial charge in [0.05, 0.1) is 6.54 Å². The van der Waals surface area contributed by atoms with Gasteiger partial charge in [0.25, 0.3) is 0 Å². The highest BCUT2D eigenvalue weighted by atomic mass is 32.1. The van der Waals surface area contributed by atoms with Crippen molar-refractivity contribution in [2.24, 2.45) is 0 Å². The molecule has 0 spiro atoms. The number of benzene rings is 1. The molecule has 0 unspecified atom stereocenters. The number of piperidine rings is 1. The highest BCUT2D eigenvalue weighted by molar-refractivity contribution is 7.16. The van der Waals surface area contributed by atoms with Crippen molar-refractivity contribution in [3.63, 3.8) is 0 Å². The van der Waals surface area contributed by atoms with E-state index in [9.17, 15) is 9.59 Å². The molecule has 4 rings (SSSR count). The van der Waals surface area contributed by atoms with E-state index in [2.05, 4.69) is 10.2 Å². The monoisotopic (exact) mass is 342 g/mol. The Hall–Kier alpha value is -2.18. The molecule has 0 aliphatic carbocycles. The molecule has 5 nitrogen and oxygen atoms in total. The minimum Gasteiger partial charge on any atom is -0.422 e. The minimum atomic E-state index is -0.404. The Labute approximate surface area is 142 Å². The zero-order valence-electron chi connectivity index (χ0n) is 13.2. The van der Waals surface area contributed by atoms with Crippen molar-refractivity contribution in [2.45, 2.75) is 19.3 Å².